The summed E-state index contributed by atoms with van der Waals surface area (Å²) < 4.78 is 15.9. The zero-order valence-electron chi connectivity index (χ0n) is 16.1. The summed E-state index contributed by atoms with van der Waals surface area (Å²) >= 11 is 0. The van der Waals surface area contributed by atoms with Crippen molar-refractivity contribution in [1.29, 1.82) is 5.26 Å². The summed E-state index contributed by atoms with van der Waals surface area (Å²) in [4.78, 5) is 15.6. The Kier molecular flexibility index (Phi) is 4.60. The molecule has 0 unspecified atom stereocenters. The summed E-state index contributed by atoms with van der Waals surface area (Å²) in [5.74, 6) is 1.27. The Labute approximate surface area is 171 Å². The number of aryl methyl sites for hydroxylation is 1. The Hall–Kier alpha value is -4.32. The minimum Gasteiger partial charge on any atom is -0.497 e. The first-order chi connectivity index (χ1) is 14.4. The van der Waals surface area contributed by atoms with Gasteiger partial charge in [-0.1, -0.05) is 12.1 Å². The molecule has 0 saturated heterocycles. The van der Waals surface area contributed by atoms with Crippen LogP contribution < -0.4 is 19.9 Å². The number of hydrogen-bond donors (Lipinski definition) is 1. The second-order valence-corrected chi connectivity index (χ2v) is 6.53. The predicted octanol–water partition coefficient (Wildman–Crippen LogP) is 3.82. The van der Waals surface area contributed by atoms with Crippen LogP contribution in [0.2, 0.25) is 0 Å². The molecule has 2 aromatic carbocycles. The molecule has 0 amide bonds. The number of methoxy groups -OCH3 is 1. The van der Waals surface area contributed by atoms with E-state index in [1.165, 1.54) is 12.1 Å². The Morgan fingerprint density at radius 2 is 1.87 bits per heavy atom. The number of anilines is 1. The van der Waals surface area contributed by atoms with Crippen LogP contribution in [-0.4, -0.2) is 23.8 Å². The number of aromatic nitrogens is 1. The number of nitriles is 1. The lowest BCUT2D eigenvalue weighted by Gasteiger charge is -2.17. The minimum absolute atomic E-state index is 0.00535. The number of nitrogens with zero attached hydrogens (tertiary/aromatic N) is 3. The molecule has 0 aliphatic carbocycles. The van der Waals surface area contributed by atoms with Crippen molar-refractivity contribution in [1.82, 2.24) is 4.98 Å². The summed E-state index contributed by atoms with van der Waals surface area (Å²) in [5, 5.41) is 21.7. The second-order valence-electron chi connectivity index (χ2n) is 6.53. The van der Waals surface area contributed by atoms with Crippen LogP contribution in [0, 0.1) is 28.4 Å². The van der Waals surface area contributed by atoms with E-state index in [0.717, 1.165) is 0 Å². The van der Waals surface area contributed by atoms with Gasteiger partial charge in [-0.25, -0.2) is 4.98 Å². The SMILES string of the molecule is COc1ccc(-c2c(C)nc(N)c(C#N)c2-c2cc3c(cc2[N+](=O)[O-])OCO3)cc1. The number of hydrogen-bond acceptors (Lipinski definition) is 8. The molecule has 0 saturated carbocycles. The third-order valence-electron chi connectivity index (χ3n) is 4.85. The standard InChI is InChI=1S/C21H16N4O5/c1-11-19(12-3-5-13(28-2)6-4-12)20(15(9-22)21(23)24-11)14-7-17-18(30-10-29-17)8-16(14)25(26)27/h3-8H,10H2,1-2H3,(H2,23,24). The smallest absolute Gasteiger partial charge is 0.281 e. The van der Waals surface area contributed by atoms with Gasteiger partial charge in [0.2, 0.25) is 6.79 Å². The van der Waals surface area contributed by atoms with Gasteiger partial charge in [-0.15, -0.1) is 0 Å². The zero-order chi connectivity index (χ0) is 21.4. The van der Waals surface area contributed by atoms with E-state index >= 15 is 0 Å². The van der Waals surface area contributed by atoms with E-state index in [-0.39, 0.29) is 35.2 Å². The van der Waals surface area contributed by atoms with Crippen LogP contribution >= 0.6 is 0 Å². The van der Waals surface area contributed by atoms with Crippen LogP contribution in [0.1, 0.15) is 11.3 Å². The van der Waals surface area contributed by atoms with Gasteiger partial charge >= 0.3 is 0 Å². The van der Waals surface area contributed by atoms with E-state index in [0.29, 0.717) is 33.9 Å². The molecule has 9 nitrogen and oxygen atoms in total. The van der Waals surface area contributed by atoms with Crippen LogP contribution in [0.3, 0.4) is 0 Å². The molecule has 0 fully saturated rings. The highest BCUT2D eigenvalue weighted by molar-refractivity contribution is 5.95. The van der Waals surface area contributed by atoms with E-state index in [4.69, 9.17) is 19.9 Å². The Bertz CT molecular complexity index is 1220. The lowest BCUT2D eigenvalue weighted by atomic mass is 9.89. The van der Waals surface area contributed by atoms with Gasteiger partial charge in [0.15, 0.2) is 11.5 Å². The Morgan fingerprint density at radius 1 is 1.20 bits per heavy atom. The first kappa shape index (κ1) is 19.0. The number of nitro groups is 1. The van der Waals surface area contributed by atoms with Gasteiger partial charge in [0, 0.05) is 16.8 Å². The average Bonchev–Trinajstić information content (AvgIpc) is 3.20. The topological polar surface area (TPSA) is 134 Å². The van der Waals surface area contributed by atoms with Crippen molar-refractivity contribution in [2.45, 2.75) is 6.92 Å². The highest BCUT2D eigenvalue weighted by atomic mass is 16.7. The molecule has 0 atom stereocenters. The number of ether oxygens (including phenoxy) is 3. The van der Waals surface area contributed by atoms with Gasteiger partial charge in [0.1, 0.15) is 23.2 Å². The minimum atomic E-state index is -0.526. The second kappa shape index (κ2) is 7.25. The van der Waals surface area contributed by atoms with Crippen LogP contribution in [-0.2, 0) is 0 Å². The molecule has 150 valence electrons. The number of rotatable bonds is 4. The molecule has 9 heteroatoms. The average molecular weight is 404 g/mol. The molecule has 4 rings (SSSR count). The molecule has 2 heterocycles. The third-order valence-corrected chi connectivity index (χ3v) is 4.85. The van der Waals surface area contributed by atoms with Gasteiger partial charge in [-0.3, -0.25) is 10.1 Å². The fraction of sp³-hybridized carbons (Fsp3) is 0.143. The summed E-state index contributed by atoms with van der Waals surface area (Å²) in [6, 6.07) is 12.0. The number of fused-ring (bicyclic) bond motifs is 1. The van der Waals surface area contributed by atoms with Crippen LogP contribution in [0.15, 0.2) is 36.4 Å². The van der Waals surface area contributed by atoms with E-state index < -0.39 is 4.92 Å². The summed E-state index contributed by atoms with van der Waals surface area (Å²) in [6.45, 7) is 1.70. The Morgan fingerprint density at radius 3 is 2.47 bits per heavy atom. The van der Waals surface area contributed by atoms with E-state index in [2.05, 4.69) is 4.98 Å². The third kappa shape index (κ3) is 3.00. The first-order valence-corrected chi connectivity index (χ1v) is 8.87. The molecule has 1 aromatic heterocycles. The fourth-order valence-corrected chi connectivity index (χ4v) is 3.50. The number of pyridine rings is 1. The number of nitrogen functional groups attached to an aromatic ring is 1. The normalized spacial score (nSPS) is 11.8. The van der Waals surface area contributed by atoms with E-state index in [1.807, 2.05) is 6.07 Å². The maximum atomic E-state index is 11.9. The van der Waals surface area contributed by atoms with Crippen LogP contribution in [0.4, 0.5) is 11.5 Å². The lowest BCUT2D eigenvalue weighted by molar-refractivity contribution is -0.384. The molecule has 1 aliphatic heterocycles. The molecular weight excluding hydrogens is 388 g/mol. The van der Waals surface area contributed by atoms with Gasteiger partial charge in [-0.2, -0.15) is 5.26 Å². The number of benzene rings is 2. The van der Waals surface area contributed by atoms with Crippen molar-refractivity contribution in [2.75, 3.05) is 19.6 Å². The maximum absolute atomic E-state index is 11.9. The molecule has 2 N–H and O–H groups in total. The van der Waals surface area contributed by atoms with Crippen molar-refractivity contribution in [3.8, 4) is 45.6 Å². The van der Waals surface area contributed by atoms with Gasteiger partial charge in [-0.05, 0) is 30.7 Å². The highest BCUT2D eigenvalue weighted by Gasteiger charge is 2.29. The molecule has 1 aliphatic rings. The van der Waals surface area contributed by atoms with E-state index in [1.54, 1.807) is 38.3 Å². The van der Waals surface area contributed by atoms with Crippen molar-refractivity contribution >= 4 is 11.5 Å². The largest absolute Gasteiger partial charge is 0.497 e. The zero-order valence-corrected chi connectivity index (χ0v) is 16.1. The summed E-state index contributed by atoms with van der Waals surface area (Å²) in [7, 11) is 1.56. The summed E-state index contributed by atoms with van der Waals surface area (Å²) in [5.41, 5.74) is 8.16. The lowest BCUT2D eigenvalue weighted by Crippen LogP contribution is -2.04. The monoisotopic (exact) mass is 404 g/mol. The van der Waals surface area contributed by atoms with E-state index in [9.17, 15) is 15.4 Å². The first-order valence-electron chi connectivity index (χ1n) is 8.87. The quantitative estimate of drug-likeness (QED) is 0.512. The molecule has 0 bridgehead atoms. The molecular formula is C21H16N4O5. The number of nitrogens with two attached hydrogens (primary N) is 1. The van der Waals surface area contributed by atoms with Gasteiger partial charge in [0.25, 0.3) is 5.69 Å². The maximum Gasteiger partial charge on any atom is 0.281 e. The van der Waals surface area contributed by atoms with Crippen molar-refractivity contribution in [3.05, 3.63) is 57.8 Å². The van der Waals surface area contributed by atoms with Gasteiger partial charge < -0.3 is 19.9 Å². The molecule has 30 heavy (non-hydrogen) atoms. The Balaban J connectivity index is 2.09. The molecule has 0 spiro atoms. The van der Waals surface area contributed by atoms with Crippen molar-refractivity contribution < 1.29 is 19.1 Å². The van der Waals surface area contributed by atoms with Crippen molar-refractivity contribution in [2.24, 2.45) is 0 Å². The van der Waals surface area contributed by atoms with Crippen molar-refractivity contribution in [3.63, 3.8) is 0 Å². The fourth-order valence-electron chi connectivity index (χ4n) is 3.50. The highest BCUT2D eigenvalue weighted by Crippen LogP contribution is 2.47. The van der Waals surface area contributed by atoms with Crippen LogP contribution in [0.5, 0.6) is 17.2 Å². The van der Waals surface area contributed by atoms with Crippen LogP contribution in [0.25, 0.3) is 22.3 Å². The predicted molar refractivity (Wildman–Crippen MR) is 108 cm³/mol. The number of nitro benzene ring substituents is 1. The molecule has 0 radical (unpaired) electrons. The summed E-state index contributed by atoms with van der Waals surface area (Å²) in [6.07, 6.45) is 0. The van der Waals surface area contributed by atoms with Gasteiger partial charge in [0.05, 0.1) is 23.7 Å². The molecule has 3 aromatic rings.